The van der Waals surface area contributed by atoms with Crippen molar-refractivity contribution in [3.8, 4) is 0 Å². The number of amides is 1. The standard InChI is InChI=1S/C16H14Cl2N2O2/c17-12-7-11-9-20(6-4-13(11)14(18)8-12)16(22)10-19-5-2-1-3-15(19)21/h1-3,5,7-8H,4,6,9-10H2. The van der Waals surface area contributed by atoms with Crippen LogP contribution in [0.4, 0.5) is 0 Å². The minimum absolute atomic E-state index is 0.0449. The number of benzene rings is 1. The fraction of sp³-hybridized carbons (Fsp3) is 0.250. The minimum atomic E-state index is -0.181. The molecular weight excluding hydrogens is 323 g/mol. The lowest BCUT2D eigenvalue weighted by atomic mass is 9.99. The van der Waals surface area contributed by atoms with Crippen LogP contribution >= 0.6 is 23.2 Å². The Kier molecular flexibility index (Phi) is 4.23. The van der Waals surface area contributed by atoms with E-state index in [1.165, 1.54) is 10.6 Å². The highest BCUT2D eigenvalue weighted by molar-refractivity contribution is 6.35. The first-order valence-electron chi connectivity index (χ1n) is 6.94. The Labute approximate surface area is 137 Å². The van der Waals surface area contributed by atoms with Crippen LogP contribution in [-0.2, 0) is 24.3 Å². The summed E-state index contributed by atoms with van der Waals surface area (Å²) in [7, 11) is 0. The average molecular weight is 337 g/mol. The van der Waals surface area contributed by atoms with Gasteiger partial charge in [0.2, 0.25) is 5.91 Å². The van der Waals surface area contributed by atoms with Crippen molar-refractivity contribution in [3.05, 3.63) is 68.1 Å². The van der Waals surface area contributed by atoms with Crippen LogP contribution in [0.1, 0.15) is 11.1 Å². The molecule has 0 radical (unpaired) electrons. The molecule has 2 aromatic rings. The van der Waals surface area contributed by atoms with Crippen molar-refractivity contribution < 1.29 is 4.79 Å². The molecule has 1 amide bonds. The van der Waals surface area contributed by atoms with Gasteiger partial charge in [0.1, 0.15) is 6.54 Å². The van der Waals surface area contributed by atoms with Crippen LogP contribution in [0.2, 0.25) is 10.0 Å². The van der Waals surface area contributed by atoms with Gasteiger partial charge in [0.15, 0.2) is 0 Å². The van der Waals surface area contributed by atoms with Crippen LogP contribution in [0, 0.1) is 0 Å². The molecule has 22 heavy (non-hydrogen) atoms. The maximum Gasteiger partial charge on any atom is 0.250 e. The number of nitrogens with zero attached hydrogens (tertiary/aromatic N) is 2. The van der Waals surface area contributed by atoms with Crippen molar-refractivity contribution in [1.29, 1.82) is 0 Å². The van der Waals surface area contributed by atoms with Gasteiger partial charge in [-0.2, -0.15) is 0 Å². The quantitative estimate of drug-likeness (QED) is 0.846. The van der Waals surface area contributed by atoms with Gasteiger partial charge in [-0.15, -0.1) is 0 Å². The van der Waals surface area contributed by atoms with Crippen molar-refractivity contribution in [1.82, 2.24) is 9.47 Å². The third-order valence-corrected chi connectivity index (χ3v) is 4.36. The van der Waals surface area contributed by atoms with Crippen LogP contribution in [0.15, 0.2) is 41.3 Å². The maximum absolute atomic E-state index is 12.4. The van der Waals surface area contributed by atoms with Gasteiger partial charge in [-0.1, -0.05) is 29.3 Å². The number of aromatic nitrogens is 1. The number of halogens is 2. The normalized spacial score (nSPS) is 13.8. The molecule has 1 aliphatic heterocycles. The van der Waals surface area contributed by atoms with Gasteiger partial charge >= 0.3 is 0 Å². The lowest BCUT2D eigenvalue weighted by Crippen LogP contribution is -2.39. The molecule has 0 atom stereocenters. The second-order valence-corrected chi connectivity index (χ2v) is 6.10. The Morgan fingerprint density at radius 3 is 2.82 bits per heavy atom. The van der Waals surface area contributed by atoms with E-state index in [2.05, 4.69) is 0 Å². The third-order valence-electron chi connectivity index (χ3n) is 3.80. The van der Waals surface area contributed by atoms with Crippen LogP contribution < -0.4 is 5.56 Å². The molecule has 1 aromatic carbocycles. The number of carbonyl (C=O) groups is 1. The van der Waals surface area contributed by atoms with Gasteiger partial charge in [0.25, 0.3) is 5.56 Å². The molecule has 0 saturated carbocycles. The topological polar surface area (TPSA) is 42.3 Å². The third kappa shape index (κ3) is 3.03. The van der Waals surface area contributed by atoms with Gasteiger partial charge in [-0.3, -0.25) is 9.59 Å². The summed E-state index contributed by atoms with van der Waals surface area (Å²) in [6.45, 7) is 1.11. The smallest absolute Gasteiger partial charge is 0.250 e. The summed E-state index contributed by atoms with van der Waals surface area (Å²) >= 11 is 12.2. The monoisotopic (exact) mass is 336 g/mol. The molecule has 0 fully saturated rings. The van der Waals surface area contributed by atoms with Gasteiger partial charge in [0.05, 0.1) is 0 Å². The van der Waals surface area contributed by atoms with Crippen molar-refractivity contribution in [2.45, 2.75) is 19.5 Å². The molecule has 1 aromatic heterocycles. The van der Waals surface area contributed by atoms with Crippen molar-refractivity contribution >= 4 is 29.1 Å². The number of fused-ring (bicyclic) bond motifs is 1. The summed E-state index contributed by atoms with van der Waals surface area (Å²) < 4.78 is 1.41. The second-order valence-electron chi connectivity index (χ2n) is 5.26. The Morgan fingerprint density at radius 1 is 1.23 bits per heavy atom. The lowest BCUT2D eigenvalue weighted by Gasteiger charge is -2.29. The van der Waals surface area contributed by atoms with E-state index in [0.717, 1.165) is 11.1 Å². The Morgan fingerprint density at radius 2 is 2.05 bits per heavy atom. The molecule has 4 nitrogen and oxygen atoms in total. The van der Waals surface area contributed by atoms with E-state index in [9.17, 15) is 9.59 Å². The number of rotatable bonds is 2. The average Bonchev–Trinajstić information content (AvgIpc) is 2.48. The molecule has 0 aliphatic carbocycles. The van der Waals surface area contributed by atoms with Crippen LogP contribution in [0.25, 0.3) is 0 Å². The molecule has 0 unspecified atom stereocenters. The summed E-state index contributed by atoms with van der Waals surface area (Å²) in [6.07, 6.45) is 2.31. The Balaban J connectivity index is 1.78. The zero-order valence-corrected chi connectivity index (χ0v) is 13.3. The highest BCUT2D eigenvalue weighted by Crippen LogP contribution is 2.29. The summed E-state index contributed by atoms with van der Waals surface area (Å²) in [4.78, 5) is 25.8. The van der Waals surface area contributed by atoms with E-state index in [1.807, 2.05) is 6.07 Å². The molecule has 114 valence electrons. The zero-order valence-electron chi connectivity index (χ0n) is 11.8. The van der Waals surface area contributed by atoms with E-state index in [0.29, 0.717) is 29.6 Å². The number of hydrogen-bond acceptors (Lipinski definition) is 2. The first kappa shape index (κ1) is 15.1. The first-order chi connectivity index (χ1) is 10.5. The highest BCUT2D eigenvalue weighted by atomic mass is 35.5. The molecule has 0 N–H and O–H groups in total. The first-order valence-corrected chi connectivity index (χ1v) is 7.70. The zero-order chi connectivity index (χ0) is 15.7. The van der Waals surface area contributed by atoms with E-state index in [1.54, 1.807) is 29.3 Å². The van der Waals surface area contributed by atoms with Gasteiger partial charge in [-0.25, -0.2) is 0 Å². The highest BCUT2D eigenvalue weighted by Gasteiger charge is 2.23. The van der Waals surface area contributed by atoms with E-state index in [4.69, 9.17) is 23.2 Å². The summed E-state index contributed by atoms with van der Waals surface area (Å²) in [5, 5.41) is 1.21. The van der Waals surface area contributed by atoms with Crippen molar-refractivity contribution in [2.75, 3.05) is 6.54 Å². The molecule has 0 bridgehead atoms. The maximum atomic E-state index is 12.4. The van der Waals surface area contributed by atoms with Gasteiger partial charge in [0, 0.05) is 35.4 Å². The minimum Gasteiger partial charge on any atom is -0.336 e. The van der Waals surface area contributed by atoms with Gasteiger partial charge < -0.3 is 9.47 Å². The second kappa shape index (κ2) is 6.15. The Bertz CT molecular complexity index is 786. The van der Waals surface area contributed by atoms with Crippen LogP contribution in [0.5, 0.6) is 0 Å². The molecule has 0 spiro atoms. The molecule has 2 heterocycles. The van der Waals surface area contributed by atoms with E-state index in [-0.39, 0.29) is 18.0 Å². The number of hydrogen-bond donors (Lipinski definition) is 0. The number of carbonyl (C=O) groups excluding carboxylic acids is 1. The van der Waals surface area contributed by atoms with Crippen molar-refractivity contribution in [3.63, 3.8) is 0 Å². The number of pyridine rings is 1. The molecule has 3 rings (SSSR count). The molecule has 0 saturated heterocycles. The fourth-order valence-electron chi connectivity index (χ4n) is 2.66. The molecular formula is C16H14Cl2N2O2. The fourth-order valence-corrected chi connectivity index (χ4v) is 3.29. The Hall–Kier alpha value is -1.78. The lowest BCUT2D eigenvalue weighted by molar-refractivity contribution is -0.132. The molecule has 1 aliphatic rings. The van der Waals surface area contributed by atoms with Gasteiger partial charge in [-0.05, 0) is 35.7 Å². The summed E-state index contributed by atoms with van der Waals surface area (Å²) in [5.74, 6) is -0.0879. The van der Waals surface area contributed by atoms with E-state index >= 15 is 0 Å². The van der Waals surface area contributed by atoms with E-state index < -0.39 is 0 Å². The predicted molar refractivity (Wildman–Crippen MR) is 86.3 cm³/mol. The largest absolute Gasteiger partial charge is 0.336 e. The van der Waals surface area contributed by atoms with Crippen molar-refractivity contribution in [2.24, 2.45) is 0 Å². The summed E-state index contributed by atoms with van der Waals surface area (Å²) in [6, 6.07) is 8.41. The van der Waals surface area contributed by atoms with Crippen LogP contribution in [0.3, 0.4) is 0 Å². The van der Waals surface area contributed by atoms with Crippen LogP contribution in [-0.4, -0.2) is 21.9 Å². The molecule has 6 heteroatoms. The summed E-state index contributed by atoms with van der Waals surface area (Å²) in [5.41, 5.74) is 1.84. The predicted octanol–water partition coefficient (Wildman–Crippen LogP) is 2.74. The SMILES string of the molecule is O=C(Cn1ccccc1=O)N1CCc2c(Cl)cc(Cl)cc2C1.